The molecule has 156 valence electrons. The van der Waals surface area contributed by atoms with Crippen LogP contribution in [0.3, 0.4) is 0 Å². The second kappa shape index (κ2) is 7.50. The zero-order valence-corrected chi connectivity index (χ0v) is 17.1. The largest absolute Gasteiger partial charge is 0.459 e. The van der Waals surface area contributed by atoms with E-state index in [2.05, 4.69) is 15.3 Å². The van der Waals surface area contributed by atoms with E-state index in [9.17, 15) is 18.5 Å². The smallest absolute Gasteiger partial charge is 0.269 e. The van der Waals surface area contributed by atoms with Crippen molar-refractivity contribution in [1.82, 2.24) is 14.3 Å². The lowest BCUT2D eigenvalue weighted by Gasteiger charge is -2.23. The molecular weight excluding hydrogens is 410 g/mol. The number of furan rings is 1. The lowest BCUT2D eigenvalue weighted by molar-refractivity contribution is -0.384. The molecule has 1 aliphatic heterocycles. The molecule has 0 aliphatic carbocycles. The molecule has 0 fully saturated rings. The molecule has 0 unspecified atom stereocenters. The van der Waals surface area contributed by atoms with Gasteiger partial charge in [-0.3, -0.25) is 10.1 Å². The Morgan fingerprint density at radius 1 is 1.27 bits per heavy atom. The van der Waals surface area contributed by atoms with Gasteiger partial charge in [-0.2, -0.15) is 4.31 Å². The van der Waals surface area contributed by atoms with Crippen molar-refractivity contribution in [2.24, 2.45) is 0 Å². The van der Waals surface area contributed by atoms with E-state index in [0.717, 1.165) is 16.9 Å². The van der Waals surface area contributed by atoms with Gasteiger partial charge in [-0.1, -0.05) is 0 Å². The Hall–Kier alpha value is -3.31. The first-order chi connectivity index (χ1) is 14.2. The summed E-state index contributed by atoms with van der Waals surface area (Å²) >= 11 is 0. The minimum atomic E-state index is -3.27. The van der Waals surface area contributed by atoms with Crippen LogP contribution >= 0.6 is 0 Å². The quantitative estimate of drug-likeness (QED) is 0.484. The normalized spacial score (nSPS) is 14.3. The minimum absolute atomic E-state index is 0.00429. The lowest BCUT2D eigenvalue weighted by Crippen LogP contribution is -2.34. The topological polar surface area (TPSA) is 131 Å². The van der Waals surface area contributed by atoms with Gasteiger partial charge < -0.3 is 9.73 Å². The SMILES string of the molecule is Cc1cnc(Nc2ccc([N+](=O)[O-])cc2)nc1-c1cc2c(o1)CCN(S(C)(=O)=O)C2. The third-order valence-corrected chi connectivity index (χ3v) is 6.09. The Labute approximate surface area is 172 Å². The maximum Gasteiger partial charge on any atom is 0.269 e. The maximum atomic E-state index is 11.8. The van der Waals surface area contributed by atoms with Crippen LogP contribution in [0.5, 0.6) is 0 Å². The van der Waals surface area contributed by atoms with Crippen molar-refractivity contribution in [2.45, 2.75) is 19.9 Å². The van der Waals surface area contributed by atoms with Crippen molar-refractivity contribution in [3.8, 4) is 11.5 Å². The van der Waals surface area contributed by atoms with Gasteiger partial charge in [-0.15, -0.1) is 0 Å². The molecule has 0 radical (unpaired) electrons. The molecule has 11 heteroatoms. The van der Waals surface area contributed by atoms with Gasteiger partial charge in [0.15, 0.2) is 5.76 Å². The molecule has 3 aromatic rings. The number of anilines is 2. The van der Waals surface area contributed by atoms with Gasteiger partial charge in [0.2, 0.25) is 16.0 Å². The van der Waals surface area contributed by atoms with E-state index >= 15 is 0 Å². The van der Waals surface area contributed by atoms with Crippen LogP contribution in [-0.2, 0) is 23.0 Å². The first kappa shape index (κ1) is 20.0. The van der Waals surface area contributed by atoms with E-state index in [0.29, 0.717) is 36.1 Å². The van der Waals surface area contributed by atoms with Crippen LogP contribution in [0, 0.1) is 17.0 Å². The van der Waals surface area contributed by atoms with Crippen molar-refractivity contribution < 1.29 is 17.8 Å². The summed E-state index contributed by atoms with van der Waals surface area (Å²) in [5.41, 5.74) is 2.82. The Morgan fingerprint density at radius 3 is 2.67 bits per heavy atom. The molecule has 0 atom stereocenters. The summed E-state index contributed by atoms with van der Waals surface area (Å²) in [6.07, 6.45) is 3.35. The first-order valence-corrected chi connectivity index (χ1v) is 11.0. The third-order valence-electron chi connectivity index (χ3n) is 4.84. The number of non-ortho nitro benzene ring substituents is 1. The number of hydrogen-bond acceptors (Lipinski definition) is 8. The van der Waals surface area contributed by atoms with Gasteiger partial charge in [0, 0.05) is 49.1 Å². The maximum absolute atomic E-state index is 11.8. The number of nitro groups is 1. The van der Waals surface area contributed by atoms with E-state index in [4.69, 9.17) is 4.42 Å². The van der Waals surface area contributed by atoms with Crippen LogP contribution < -0.4 is 5.32 Å². The van der Waals surface area contributed by atoms with Crippen LogP contribution in [0.4, 0.5) is 17.3 Å². The fourth-order valence-corrected chi connectivity index (χ4v) is 4.05. The van der Waals surface area contributed by atoms with E-state index in [-0.39, 0.29) is 12.2 Å². The number of sulfonamides is 1. The number of aryl methyl sites for hydroxylation is 1. The minimum Gasteiger partial charge on any atom is -0.459 e. The number of rotatable bonds is 5. The molecule has 0 saturated heterocycles. The average Bonchev–Trinajstić information content (AvgIpc) is 3.12. The van der Waals surface area contributed by atoms with Gasteiger partial charge in [0.05, 0.1) is 11.2 Å². The summed E-state index contributed by atoms with van der Waals surface area (Å²) in [5, 5.41) is 13.8. The highest BCUT2D eigenvalue weighted by molar-refractivity contribution is 7.88. The van der Waals surface area contributed by atoms with Crippen molar-refractivity contribution in [3.05, 3.63) is 63.5 Å². The summed E-state index contributed by atoms with van der Waals surface area (Å²) < 4.78 is 31.1. The molecule has 0 spiro atoms. The van der Waals surface area contributed by atoms with Crippen LogP contribution in [0.1, 0.15) is 16.9 Å². The average molecular weight is 429 g/mol. The Balaban J connectivity index is 1.60. The predicted molar refractivity (Wildman–Crippen MR) is 110 cm³/mol. The zero-order chi connectivity index (χ0) is 21.5. The predicted octanol–water partition coefficient (Wildman–Crippen LogP) is 3.01. The van der Waals surface area contributed by atoms with E-state index in [1.807, 2.05) is 13.0 Å². The van der Waals surface area contributed by atoms with Gasteiger partial charge in [0.1, 0.15) is 11.5 Å². The number of nitrogens with one attached hydrogen (secondary N) is 1. The Bertz CT molecular complexity index is 1220. The molecular formula is C19H19N5O5S. The van der Waals surface area contributed by atoms with Crippen LogP contribution in [-0.4, -0.2) is 40.4 Å². The fraction of sp³-hybridized carbons (Fsp3) is 0.263. The Morgan fingerprint density at radius 2 is 2.00 bits per heavy atom. The summed E-state index contributed by atoms with van der Waals surface area (Å²) in [6.45, 7) is 2.51. The molecule has 1 aliphatic rings. The molecule has 1 aromatic carbocycles. The highest BCUT2D eigenvalue weighted by Crippen LogP contribution is 2.31. The molecule has 3 heterocycles. The fourth-order valence-electron chi connectivity index (χ4n) is 3.25. The molecule has 0 saturated carbocycles. The number of aromatic nitrogens is 2. The number of fused-ring (bicyclic) bond motifs is 1. The van der Waals surface area contributed by atoms with Gasteiger partial charge in [-0.25, -0.2) is 18.4 Å². The summed E-state index contributed by atoms with van der Waals surface area (Å²) in [7, 11) is -3.27. The number of nitro benzene ring substituents is 1. The summed E-state index contributed by atoms with van der Waals surface area (Å²) in [4.78, 5) is 19.1. The van der Waals surface area contributed by atoms with Gasteiger partial charge >= 0.3 is 0 Å². The van der Waals surface area contributed by atoms with Crippen LogP contribution in [0.25, 0.3) is 11.5 Å². The van der Waals surface area contributed by atoms with E-state index in [1.54, 1.807) is 18.3 Å². The van der Waals surface area contributed by atoms with E-state index in [1.165, 1.54) is 22.7 Å². The van der Waals surface area contributed by atoms with E-state index < -0.39 is 14.9 Å². The summed E-state index contributed by atoms with van der Waals surface area (Å²) in [5.74, 6) is 1.62. The highest BCUT2D eigenvalue weighted by Gasteiger charge is 2.27. The first-order valence-electron chi connectivity index (χ1n) is 9.13. The zero-order valence-electron chi connectivity index (χ0n) is 16.3. The van der Waals surface area contributed by atoms with Crippen LogP contribution in [0.2, 0.25) is 0 Å². The highest BCUT2D eigenvalue weighted by atomic mass is 32.2. The van der Waals surface area contributed by atoms with Crippen molar-refractivity contribution in [3.63, 3.8) is 0 Å². The standard InChI is InChI=1S/C19H19N5O5S/c1-12-10-20-19(21-14-3-5-15(6-4-14)24(25)26)22-18(12)17-9-13-11-23(30(2,27)28)8-7-16(13)29-17/h3-6,9-10H,7-8,11H2,1-2H3,(H,20,21,22). The second-order valence-corrected chi connectivity index (χ2v) is 9.04. The molecule has 30 heavy (non-hydrogen) atoms. The molecule has 0 bridgehead atoms. The van der Waals surface area contributed by atoms with Crippen molar-refractivity contribution in [1.29, 1.82) is 0 Å². The van der Waals surface area contributed by atoms with Crippen LogP contribution in [0.15, 0.2) is 40.9 Å². The second-order valence-electron chi connectivity index (χ2n) is 7.06. The monoisotopic (exact) mass is 429 g/mol. The lowest BCUT2D eigenvalue weighted by atomic mass is 10.1. The van der Waals surface area contributed by atoms with Gasteiger partial charge in [-0.05, 0) is 30.7 Å². The number of hydrogen-bond donors (Lipinski definition) is 1. The third kappa shape index (κ3) is 4.02. The number of nitrogens with zero attached hydrogens (tertiary/aromatic N) is 4. The molecule has 10 nitrogen and oxygen atoms in total. The molecule has 2 aromatic heterocycles. The Kier molecular flexibility index (Phi) is 5.00. The molecule has 1 N–H and O–H groups in total. The summed E-state index contributed by atoms with van der Waals surface area (Å²) in [6, 6.07) is 7.76. The van der Waals surface area contributed by atoms with Gasteiger partial charge in [0.25, 0.3) is 5.69 Å². The van der Waals surface area contributed by atoms with Crippen molar-refractivity contribution >= 4 is 27.3 Å². The molecule has 4 rings (SSSR count). The number of benzene rings is 1. The van der Waals surface area contributed by atoms with Crippen molar-refractivity contribution in [2.75, 3.05) is 18.1 Å². The molecule has 0 amide bonds.